The van der Waals surface area contributed by atoms with E-state index in [9.17, 15) is 19.7 Å². The molecular formula is C13H21N5O6. The van der Waals surface area contributed by atoms with Crippen LogP contribution in [0, 0.1) is 10.1 Å². The number of nitro groups is 1. The van der Waals surface area contributed by atoms with E-state index in [1.807, 2.05) is 0 Å². The van der Waals surface area contributed by atoms with Gasteiger partial charge in [0.15, 0.2) is 5.69 Å². The second-order valence-corrected chi connectivity index (χ2v) is 5.78. The van der Waals surface area contributed by atoms with Crippen molar-refractivity contribution in [3.63, 3.8) is 0 Å². The van der Waals surface area contributed by atoms with E-state index in [0.29, 0.717) is 0 Å². The molecule has 0 bridgehead atoms. The van der Waals surface area contributed by atoms with Crippen LogP contribution in [-0.4, -0.2) is 58.1 Å². The number of nitrogens with one attached hydrogen (secondary N) is 1. The molecule has 0 aliphatic carbocycles. The zero-order chi connectivity index (χ0) is 18.5. The number of rotatable bonds is 6. The molecule has 0 radical (unpaired) electrons. The summed E-state index contributed by atoms with van der Waals surface area (Å²) in [5.74, 6) is -1.07. The lowest BCUT2D eigenvalue weighted by Gasteiger charge is -2.19. The zero-order valence-electron chi connectivity index (χ0n) is 14.2. The highest BCUT2D eigenvalue weighted by molar-refractivity contribution is 5.92. The minimum Gasteiger partial charge on any atom is -0.444 e. The Bertz CT molecular complexity index is 621. The third-order valence-electron chi connectivity index (χ3n) is 2.72. The van der Waals surface area contributed by atoms with Crippen molar-refractivity contribution >= 4 is 17.8 Å². The van der Waals surface area contributed by atoms with Crippen LogP contribution in [0.15, 0.2) is 6.07 Å². The minimum absolute atomic E-state index is 0.0305. The maximum atomic E-state index is 12.1. The fraction of sp³-hybridized carbons (Fsp3) is 0.615. The van der Waals surface area contributed by atoms with E-state index >= 15 is 0 Å². The first kappa shape index (κ1) is 19.4. The van der Waals surface area contributed by atoms with Crippen molar-refractivity contribution in [2.24, 2.45) is 0 Å². The number of ether oxygens (including phenoxy) is 1. The Morgan fingerprint density at radius 3 is 2.58 bits per heavy atom. The van der Waals surface area contributed by atoms with Gasteiger partial charge in [0.2, 0.25) is 0 Å². The van der Waals surface area contributed by atoms with Gasteiger partial charge in [-0.2, -0.15) is 4.68 Å². The van der Waals surface area contributed by atoms with Gasteiger partial charge in [0.1, 0.15) is 5.60 Å². The number of nitrogens with zero attached hydrogens (tertiary/aromatic N) is 4. The highest BCUT2D eigenvalue weighted by Gasteiger charge is 2.25. The standard InChI is InChI=1S/C13H21N5O6/c1-13(2,3)24-12(20)14-6-7-17-9(11(19)16(4)23-5)8-10(15-17)18(21)22/h8H,6-7H2,1-5H3,(H,14,20). The first-order valence-electron chi connectivity index (χ1n) is 7.06. The topological polar surface area (TPSA) is 129 Å². The summed E-state index contributed by atoms with van der Waals surface area (Å²) in [4.78, 5) is 38.6. The highest BCUT2D eigenvalue weighted by atomic mass is 16.7. The summed E-state index contributed by atoms with van der Waals surface area (Å²) in [6.45, 7) is 5.29. The van der Waals surface area contributed by atoms with Crippen molar-refractivity contribution in [1.82, 2.24) is 20.2 Å². The number of hydroxylamine groups is 2. The molecule has 0 unspecified atom stereocenters. The van der Waals surface area contributed by atoms with Crippen LogP contribution in [-0.2, 0) is 16.1 Å². The molecule has 11 nitrogen and oxygen atoms in total. The molecule has 0 aromatic carbocycles. The van der Waals surface area contributed by atoms with Crippen LogP contribution >= 0.6 is 0 Å². The largest absolute Gasteiger partial charge is 0.444 e. The molecule has 1 aromatic heterocycles. The molecule has 11 heteroatoms. The van der Waals surface area contributed by atoms with Crippen molar-refractivity contribution in [3.8, 4) is 0 Å². The molecule has 1 heterocycles. The van der Waals surface area contributed by atoms with Crippen molar-refractivity contribution in [3.05, 3.63) is 21.9 Å². The second-order valence-electron chi connectivity index (χ2n) is 5.78. The van der Waals surface area contributed by atoms with E-state index in [1.54, 1.807) is 20.8 Å². The molecule has 24 heavy (non-hydrogen) atoms. The molecule has 0 atom stereocenters. The predicted octanol–water partition coefficient (Wildman–Crippen LogP) is 0.949. The average molecular weight is 343 g/mol. The number of carbonyl (C=O) groups excluding carboxylic acids is 2. The summed E-state index contributed by atoms with van der Waals surface area (Å²) in [5.41, 5.74) is -0.673. The van der Waals surface area contributed by atoms with Crippen molar-refractivity contribution in [1.29, 1.82) is 0 Å². The molecule has 0 aliphatic rings. The summed E-state index contributed by atoms with van der Waals surface area (Å²) in [7, 11) is 2.65. The number of amides is 2. The summed E-state index contributed by atoms with van der Waals surface area (Å²) in [6.07, 6.45) is -0.633. The lowest BCUT2D eigenvalue weighted by molar-refractivity contribution is -0.389. The number of aromatic nitrogens is 2. The maximum absolute atomic E-state index is 12.1. The number of alkyl carbamates (subject to hydrolysis) is 1. The molecule has 1 N–H and O–H groups in total. The van der Waals surface area contributed by atoms with E-state index in [2.05, 4.69) is 10.4 Å². The van der Waals surface area contributed by atoms with Crippen LogP contribution in [0.25, 0.3) is 0 Å². The van der Waals surface area contributed by atoms with Gasteiger partial charge in [-0.3, -0.25) is 9.63 Å². The van der Waals surface area contributed by atoms with Crippen LogP contribution in [0.1, 0.15) is 31.3 Å². The predicted molar refractivity (Wildman–Crippen MR) is 82.2 cm³/mol. The molecular weight excluding hydrogens is 322 g/mol. The molecule has 1 rings (SSSR count). The van der Waals surface area contributed by atoms with Crippen LogP contribution < -0.4 is 5.32 Å². The van der Waals surface area contributed by atoms with Gasteiger partial charge in [-0.1, -0.05) is 0 Å². The quantitative estimate of drug-likeness (QED) is 0.601. The third kappa shape index (κ3) is 5.50. The summed E-state index contributed by atoms with van der Waals surface area (Å²) < 4.78 is 6.20. The third-order valence-corrected chi connectivity index (χ3v) is 2.72. The van der Waals surface area contributed by atoms with Gasteiger partial charge in [-0.05, 0) is 25.7 Å². The summed E-state index contributed by atoms with van der Waals surface area (Å²) in [6, 6.07) is 1.05. The SMILES string of the molecule is CON(C)C(=O)c1cc([N+](=O)[O-])nn1CCNC(=O)OC(C)(C)C. The van der Waals surface area contributed by atoms with Crippen LogP contribution in [0.2, 0.25) is 0 Å². The van der Waals surface area contributed by atoms with Crippen LogP contribution in [0.5, 0.6) is 0 Å². The number of carbonyl (C=O) groups is 2. The lowest BCUT2D eigenvalue weighted by Crippen LogP contribution is -2.35. The number of hydrogen-bond acceptors (Lipinski definition) is 7. The fourth-order valence-corrected chi connectivity index (χ4v) is 1.66. The van der Waals surface area contributed by atoms with E-state index in [0.717, 1.165) is 15.8 Å². The summed E-state index contributed by atoms with van der Waals surface area (Å²) in [5, 5.41) is 18.0. The average Bonchev–Trinajstić information content (AvgIpc) is 2.88. The molecule has 2 amide bonds. The fourth-order valence-electron chi connectivity index (χ4n) is 1.66. The van der Waals surface area contributed by atoms with Gasteiger partial charge in [0, 0.05) is 13.6 Å². The molecule has 0 spiro atoms. The van der Waals surface area contributed by atoms with Gasteiger partial charge >= 0.3 is 11.9 Å². The zero-order valence-corrected chi connectivity index (χ0v) is 14.2. The Kier molecular flexibility index (Phi) is 6.23. The van der Waals surface area contributed by atoms with E-state index in [4.69, 9.17) is 9.57 Å². The van der Waals surface area contributed by atoms with E-state index in [1.165, 1.54) is 14.2 Å². The minimum atomic E-state index is -0.707. The van der Waals surface area contributed by atoms with Crippen LogP contribution in [0.4, 0.5) is 10.6 Å². The first-order chi connectivity index (χ1) is 11.0. The Morgan fingerprint density at radius 2 is 2.08 bits per heavy atom. The summed E-state index contributed by atoms with van der Waals surface area (Å²) >= 11 is 0. The molecule has 0 saturated heterocycles. The van der Waals surface area contributed by atoms with Crippen LogP contribution in [0.3, 0.4) is 0 Å². The van der Waals surface area contributed by atoms with Crippen molar-refractivity contribution in [2.45, 2.75) is 32.9 Å². The Hall–Kier alpha value is -2.69. The van der Waals surface area contributed by atoms with E-state index < -0.39 is 28.3 Å². The molecule has 0 aliphatic heterocycles. The van der Waals surface area contributed by atoms with Crippen molar-refractivity contribution < 1.29 is 24.1 Å². The first-order valence-corrected chi connectivity index (χ1v) is 7.06. The van der Waals surface area contributed by atoms with E-state index in [-0.39, 0.29) is 18.8 Å². The smallest absolute Gasteiger partial charge is 0.407 e. The Morgan fingerprint density at radius 1 is 1.46 bits per heavy atom. The molecule has 0 saturated carbocycles. The monoisotopic (exact) mass is 343 g/mol. The Balaban J connectivity index is 2.81. The van der Waals surface area contributed by atoms with Gasteiger partial charge in [0.25, 0.3) is 5.91 Å². The maximum Gasteiger partial charge on any atom is 0.407 e. The highest BCUT2D eigenvalue weighted by Crippen LogP contribution is 2.14. The molecule has 1 aromatic rings. The lowest BCUT2D eigenvalue weighted by atomic mass is 10.2. The molecule has 134 valence electrons. The van der Waals surface area contributed by atoms with Crippen molar-refractivity contribution in [2.75, 3.05) is 20.7 Å². The molecule has 0 fully saturated rings. The van der Waals surface area contributed by atoms with Gasteiger partial charge in [-0.15, -0.1) is 0 Å². The second kappa shape index (κ2) is 7.73. The van der Waals surface area contributed by atoms with Gasteiger partial charge in [-0.25, -0.2) is 9.86 Å². The van der Waals surface area contributed by atoms with Gasteiger partial charge < -0.3 is 20.2 Å². The Labute approximate surface area is 138 Å². The van der Waals surface area contributed by atoms with Gasteiger partial charge in [0.05, 0.1) is 24.8 Å². The number of hydrogen-bond donors (Lipinski definition) is 1. The normalized spacial score (nSPS) is 11.0.